The summed E-state index contributed by atoms with van der Waals surface area (Å²) in [5, 5.41) is 15.0. The SMILES string of the molecule is Cc1cc(/C=N/NC(=O)c2cccc(N(C)C)c2)c(C)n1-c1sc2c(c1C#N)CCCC2. The van der Waals surface area contributed by atoms with E-state index in [0.29, 0.717) is 5.56 Å². The first-order chi connectivity index (χ1) is 15.4. The molecule has 6 nitrogen and oxygen atoms in total. The zero-order valence-electron chi connectivity index (χ0n) is 18.9. The average Bonchev–Trinajstić information content (AvgIpc) is 3.29. The largest absolute Gasteiger partial charge is 0.378 e. The number of hydrogen-bond acceptors (Lipinski definition) is 5. The Bertz CT molecular complexity index is 1240. The van der Waals surface area contributed by atoms with E-state index in [1.54, 1.807) is 23.6 Å². The van der Waals surface area contributed by atoms with Gasteiger partial charge in [0.2, 0.25) is 0 Å². The number of thiophene rings is 1. The Morgan fingerprint density at radius 3 is 2.78 bits per heavy atom. The fraction of sp³-hybridized carbons (Fsp3) is 0.320. The Balaban J connectivity index is 1.57. The number of carbonyl (C=O) groups is 1. The van der Waals surface area contributed by atoms with Crippen LogP contribution in [0.3, 0.4) is 0 Å². The number of hydrogen-bond donors (Lipinski definition) is 1. The first kappa shape index (κ1) is 21.8. The Kier molecular flexibility index (Phi) is 6.15. The molecule has 0 unspecified atom stereocenters. The molecule has 2 aromatic heterocycles. The van der Waals surface area contributed by atoms with Crippen molar-refractivity contribution in [2.75, 3.05) is 19.0 Å². The van der Waals surface area contributed by atoms with Crippen LogP contribution in [0.1, 0.15) is 56.2 Å². The molecule has 2 heterocycles. The van der Waals surface area contributed by atoms with Crippen molar-refractivity contribution in [3.05, 3.63) is 68.9 Å². The van der Waals surface area contributed by atoms with Crippen LogP contribution in [0.2, 0.25) is 0 Å². The van der Waals surface area contributed by atoms with Crippen LogP contribution in [-0.2, 0) is 12.8 Å². The molecular formula is C25H27N5OS. The molecule has 7 heteroatoms. The fourth-order valence-corrected chi connectivity index (χ4v) is 5.66. The van der Waals surface area contributed by atoms with E-state index in [0.717, 1.165) is 52.5 Å². The number of rotatable bonds is 5. The summed E-state index contributed by atoms with van der Waals surface area (Å²) in [7, 11) is 3.87. The quantitative estimate of drug-likeness (QED) is 0.456. The lowest BCUT2D eigenvalue weighted by atomic mass is 9.96. The number of fused-ring (bicyclic) bond motifs is 1. The van der Waals surface area contributed by atoms with Crippen molar-refractivity contribution in [1.82, 2.24) is 9.99 Å². The van der Waals surface area contributed by atoms with Crippen molar-refractivity contribution < 1.29 is 4.79 Å². The van der Waals surface area contributed by atoms with Gasteiger partial charge in [-0.3, -0.25) is 4.79 Å². The van der Waals surface area contributed by atoms with Gasteiger partial charge in [0.25, 0.3) is 5.91 Å². The average molecular weight is 446 g/mol. The van der Waals surface area contributed by atoms with Crippen LogP contribution >= 0.6 is 11.3 Å². The highest BCUT2D eigenvalue weighted by Gasteiger charge is 2.23. The topological polar surface area (TPSA) is 73.4 Å². The number of amides is 1. The molecule has 1 N–H and O–H groups in total. The van der Waals surface area contributed by atoms with Gasteiger partial charge in [-0.05, 0) is 69.4 Å². The van der Waals surface area contributed by atoms with E-state index in [4.69, 9.17) is 0 Å². The number of nitrogens with zero attached hydrogens (tertiary/aromatic N) is 4. The maximum absolute atomic E-state index is 12.5. The minimum absolute atomic E-state index is 0.253. The molecule has 0 bridgehead atoms. The van der Waals surface area contributed by atoms with Crippen molar-refractivity contribution in [3.8, 4) is 11.1 Å². The van der Waals surface area contributed by atoms with Gasteiger partial charge in [-0.2, -0.15) is 10.4 Å². The first-order valence-electron chi connectivity index (χ1n) is 10.8. The number of benzene rings is 1. The van der Waals surface area contributed by atoms with Gasteiger partial charge in [0.05, 0.1) is 11.8 Å². The van der Waals surface area contributed by atoms with Crippen LogP contribution in [-0.4, -0.2) is 30.8 Å². The third-order valence-corrected chi connectivity index (χ3v) is 7.21. The summed E-state index contributed by atoms with van der Waals surface area (Å²) in [5.74, 6) is -0.253. The number of nitriles is 1. The van der Waals surface area contributed by atoms with Crippen molar-refractivity contribution in [3.63, 3.8) is 0 Å². The predicted molar refractivity (Wildman–Crippen MR) is 130 cm³/mol. The van der Waals surface area contributed by atoms with Crippen molar-refractivity contribution in [1.29, 1.82) is 5.26 Å². The predicted octanol–water partition coefficient (Wildman–Crippen LogP) is 4.74. The van der Waals surface area contributed by atoms with Gasteiger partial charge in [0.15, 0.2) is 0 Å². The fourth-order valence-electron chi connectivity index (χ4n) is 4.21. The molecule has 0 saturated carbocycles. The molecule has 0 aliphatic heterocycles. The van der Waals surface area contributed by atoms with E-state index in [1.165, 1.54) is 16.9 Å². The van der Waals surface area contributed by atoms with Crippen LogP contribution in [0, 0.1) is 25.2 Å². The maximum Gasteiger partial charge on any atom is 0.271 e. The van der Waals surface area contributed by atoms with Crippen molar-refractivity contribution >= 4 is 29.1 Å². The Morgan fingerprint density at radius 1 is 1.25 bits per heavy atom. The van der Waals surface area contributed by atoms with Crippen LogP contribution in [0.5, 0.6) is 0 Å². The molecule has 0 saturated heterocycles. The summed E-state index contributed by atoms with van der Waals surface area (Å²) in [4.78, 5) is 15.8. The van der Waals surface area contributed by atoms with Crippen LogP contribution in [0.4, 0.5) is 5.69 Å². The van der Waals surface area contributed by atoms with Crippen molar-refractivity contribution in [2.45, 2.75) is 39.5 Å². The maximum atomic E-state index is 12.5. The lowest BCUT2D eigenvalue weighted by Gasteiger charge is -2.12. The lowest BCUT2D eigenvalue weighted by molar-refractivity contribution is 0.0955. The summed E-state index contributed by atoms with van der Waals surface area (Å²) in [6.45, 7) is 4.06. The van der Waals surface area contributed by atoms with Gasteiger partial charge < -0.3 is 9.47 Å². The van der Waals surface area contributed by atoms with E-state index in [1.807, 2.05) is 57.1 Å². The Morgan fingerprint density at radius 2 is 2.03 bits per heavy atom. The molecule has 0 fully saturated rings. The van der Waals surface area contributed by atoms with Gasteiger partial charge in [0, 0.05) is 47.2 Å². The number of aryl methyl sites for hydroxylation is 2. The Hall–Kier alpha value is -3.37. The van der Waals surface area contributed by atoms with Crippen LogP contribution in [0.15, 0.2) is 35.4 Å². The van der Waals surface area contributed by atoms with E-state index >= 15 is 0 Å². The minimum atomic E-state index is -0.253. The van der Waals surface area contributed by atoms with Crippen LogP contribution in [0.25, 0.3) is 5.00 Å². The molecule has 0 spiro atoms. The second kappa shape index (κ2) is 9.01. The zero-order valence-corrected chi connectivity index (χ0v) is 19.7. The third-order valence-electron chi connectivity index (χ3n) is 5.93. The molecule has 1 amide bonds. The standard InChI is InChI=1S/C25H27N5OS/c1-16-12-19(15-27-28-24(31)18-8-7-9-20(13-18)29(3)4)17(2)30(16)25-22(14-26)21-10-5-6-11-23(21)32-25/h7-9,12-13,15H,5-6,10-11H2,1-4H3,(H,28,31)/b27-15+. The minimum Gasteiger partial charge on any atom is -0.378 e. The molecular weight excluding hydrogens is 418 g/mol. The number of carbonyl (C=O) groups excluding carboxylic acids is 1. The van der Waals surface area contributed by atoms with Gasteiger partial charge in [-0.25, -0.2) is 5.43 Å². The summed E-state index contributed by atoms with van der Waals surface area (Å²) >= 11 is 1.73. The zero-order chi connectivity index (χ0) is 22.8. The summed E-state index contributed by atoms with van der Waals surface area (Å²) in [6.07, 6.45) is 6.06. The highest BCUT2D eigenvalue weighted by atomic mass is 32.1. The van der Waals surface area contributed by atoms with E-state index < -0.39 is 0 Å². The van der Waals surface area contributed by atoms with E-state index in [-0.39, 0.29) is 5.91 Å². The van der Waals surface area contributed by atoms with Gasteiger partial charge in [-0.15, -0.1) is 11.3 Å². The Labute approximate surface area is 192 Å². The van der Waals surface area contributed by atoms with E-state index in [2.05, 4.69) is 21.2 Å². The third kappa shape index (κ3) is 4.06. The smallest absolute Gasteiger partial charge is 0.271 e. The second-order valence-corrected chi connectivity index (χ2v) is 9.39. The van der Waals surface area contributed by atoms with Crippen LogP contribution < -0.4 is 10.3 Å². The monoisotopic (exact) mass is 445 g/mol. The summed E-state index contributed by atoms with van der Waals surface area (Å²) in [6, 6.07) is 11.9. The van der Waals surface area contributed by atoms with Crippen molar-refractivity contribution in [2.24, 2.45) is 5.10 Å². The van der Waals surface area contributed by atoms with E-state index in [9.17, 15) is 10.1 Å². The normalized spacial score (nSPS) is 13.1. The summed E-state index contributed by atoms with van der Waals surface area (Å²) in [5.41, 5.74) is 9.14. The van der Waals surface area contributed by atoms with Gasteiger partial charge in [-0.1, -0.05) is 6.07 Å². The number of aromatic nitrogens is 1. The second-order valence-electron chi connectivity index (χ2n) is 8.31. The molecule has 0 radical (unpaired) electrons. The molecule has 4 rings (SSSR count). The molecule has 164 valence electrons. The molecule has 1 aromatic carbocycles. The first-order valence-corrected chi connectivity index (χ1v) is 11.6. The molecule has 0 atom stereocenters. The van der Waals surface area contributed by atoms with Gasteiger partial charge >= 0.3 is 0 Å². The lowest BCUT2D eigenvalue weighted by Crippen LogP contribution is -2.18. The van der Waals surface area contributed by atoms with Gasteiger partial charge in [0.1, 0.15) is 11.1 Å². The molecule has 1 aliphatic carbocycles. The molecule has 32 heavy (non-hydrogen) atoms. The number of anilines is 1. The molecule has 1 aliphatic rings. The highest BCUT2D eigenvalue weighted by molar-refractivity contribution is 7.15. The number of nitrogens with one attached hydrogen (secondary N) is 1. The molecule has 3 aromatic rings. The number of hydrazone groups is 1. The summed E-state index contributed by atoms with van der Waals surface area (Å²) < 4.78 is 2.14. The highest BCUT2D eigenvalue weighted by Crippen LogP contribution is 2.38.